The summed E-state index contributed by atoms with van der Waals surface area (Å²) in [5.41, 5.74) is 1.10. The van der Waals surface area contributed by atoms with E-state index < -0.39 is 0 Å². The first kappa shape index (κ1) is 14.2. The van der Waals surface area contributed by atoms with Crippen molar-refractivity contribution in [3.63, 3.8) is 0 Å². The van der Waals surface area contributed by atoms with Crippen molar-refractivity contribution in [1.29, 1.82) is 0 Å². The van der Waals surface area contributed by atoms with Gasteiger partial charge in [-0.2, -0.15) is 0 Å². The minimum atomic E-state index is 0.196. The summed E-state index contributed by atoms with van der Waals surface area (Å²) in [7, 11) is 0. The topological polar surface area (TPSA) is 59.6 Å². The van der Waals surface area contributed by atoms with Gasteiger partial charge in [0.1, 0.15) is 0 Å². The van der Waals surface area contributed by atoms with Crippen molar-refractivity contribution < 1.29 is 14.3 Å². The van der Waals surface area contributed by atoms with Crippen LogP contribution in [0.2, 0.25) is 0 Å². The zero-order chi connectivity index (χ0) is 14.5. The second kappa shape index (κ2) is 6.80. The number of nitrogens with one attached hydrogen (secondary N) is 2. The van der Waals surface area contributed by atoms with Crippen LogP contribution in [0.15, 0.2) is 18.2 Å². The van der Waals surface area contributed by atoms with E-state index in [4.69, 9.17) is 9.47 Å². The van der Waals surface area contributed by atoms with Gasteiger partial charge in [-0.15, -0.1) is 0 Å². The number of fused-ring (bicyclic) bond motifs is 1. The van der Waals surface area contributed by atoms with Crippen LogP contribution in [0.5, 0.6) is 11.5 Å². The Labute approximate surface area is 125 Å². The second-order valence-electron chi connectivity index (χ2n) is 5.54. The van der Waals surface area contributed by atoms with Crippen molar-refractivity contribution in [2.45, 2.75) is 25.8 Å². The third-order valence-corrected chi connectivity index (χ3v) is 3.72. The largest absolute Gasteiger partial charge is 0.490 e. The van der Waals surface area contributed by atoms with Crippen molar-refractivity contribution in [1.82, 2.24) is 10.6 Å². The summed E-state index contributed by atoms with van der Waals surface area (Å²) in [4.78, 5) is 11.5. The SMILES string of the molecule is O=C(NCCNCc1cccc2c1OCCCO2)C1CC1. The molecular weight excluding hydrogens is 268 g/mol. The fourth-order valence-electron chi connectivity index (χ4n) is 2.38. The summed E-state index contributed by atoms with van der Waals surface area (Å²) in [5, 5.41) is 6.28. The molecule has 0 spiro atoms. The maximum atomic E-state index is 11.5. The van der Waals surface area contributed by atoms with E-state index >= 15 is 0 Å². The first-order valence-electron chi connectivity index (χ1n) is 7.70. The number of amides is 1. The molecule has 1 aromatic rings. The Bertz CT molecular complexity index is 500. The van der Waals surface area contributed by atoms with Crippen molar-refractivity contribution in [3.8, 4) is 11.5 Å². The zero-order valence-corrected chi connectivity index (χ0v) is 12.2. The lowest BCUT2D eigenvalue weighted by Gasteiger charge is -2.13. The number of carbonyl (C=O) groups excluding carboxylic acids is 1. The molecule has 1 aromatic carbocycles. The van der Waals surface area contributed by atoms with E-state index in [9.17, 15) is 4.79 Å². The monoisotopic (exact) mass is 290 g/mol. The predicted molar refractivity (Wildman–Crippen MR) is 79.5 cm³/mol. The van der Waals surface area contributed by atoms with E-state index in [1.807, 2.05) is 18.2 Å². The summed E-state index contributed by atoms with van der Waals surface area (Å²) in [6, 6.07) is 5.97. The highest BCUT2D eigenvalue weighted by molar-refractivity contribution is 5.80. The fraction of sp³-hybridized carbons (Fsp3) is 0.562. The van der Waals surface area contributed by atoms with E-state index in [-0.39, 0.29) is 11.8 Å². The molecule has 1 saturated carbocycles. The number of rotatable bonds is 6. The van der Waals surface area contributed by atoms with Gasteiger partial charge < -0.3 is 20.1 Å². The Morgan fingerprint density at radius 1 is 1.19 bits per heavy atom. The van der Waals surface area contributed by atoms with Gasteiger partial charge in [0.05, 0.1) is 13.2 Å². The van der Waals surface area contributed by atoms with Crippen LogP contribution < -0.4 is 20.1 Å². The van der Waals surface area contributed by atoms with Gasteiger partial charge in [0.15, 0.2) is 11.5 Å². The number of ether oxygens (including phenoxy) is 2. The standard InChI is InChI=1S/C16H22N2O3/c19-16(12-5-6-12)18-8-7-17-11-13-3-1-4-14-15(13)21-10-2-9-20-14/h1,3-4,12,17H,2,5-11H2,(H,18,19). The smallest absolute Gasteiger partial charge is 0.223 e. The summed E-state index contributed by atoms with van der Waals surface area (Å²) >= 11 is 0. The van der Waals surface area contributed by atoms with Crippen LogP contribution in [0, 0.1) is 5.92 Å². The van der Waals surface area contributed by atoms with Crippen molar-refractivity contribution in [2.75, 3.05) is 26.3 Å². The number of para-hydroxylation sites is 1. The number of carbonyl (C=O) groups is 1. The van der Waals surface area contributed by atoms with E-state index in [0.29, 0.717) is 26.3 Å². The fourth-order valence-corrected chi connectivity index (χ4v) is 2.38. The summed E-state index contributed by atoms with van der Waals surface area (Å²) in [6.45, 7) is 3.54. The lowest BCUT2D eigenvalue weighted by atomic mass is 10.2. The van der Waals surface area contributed by atoms with Crippen LogP contribution in [-0.2, 0) is 11.3 Å². The highest BCUT2D eigenvalue weighted by atomic mass is 16.5. The number of hydrogen-bond acceptors (Lipinski definition) is 4. The summed E-state index contributed by atoms with van der Waals surface area (Å²) in [6.07, 6.45) is 3.01. The minimum absolute atomic E-state index is 0.196. The number of hydrogen-bond donors (Lipinski definition) is 2. The van der Waals surface area contributed by atoms with E-state index in [1.54, 1.807) is 0 Å². The molecular formula is C16H22N2O3. The molecule has 2 aliphatic rings. The molecule has 114 valence electrons. The van der Waals surface area contributed by atoms with E-state index in [0.717, 1.165) is 42.9 Å². The molecule has 0 bridgehead atoms. The molecule has 0 unspecified atom stereocenters. The third-order valence-electron chi connectivity index (χ3n) is 3.72. The van der Waals surface area contributed by atoms with Crippen molar-refractivity contribution in [2.24, 2.45) is 5.92 Å². The molecule has 2 N–H and O–H groups in total. The predicted octanol–water partition coefficient (Wildman–Crippen LogP) is 1.46. The zero-order valence-electron chi connectivity index (χ0n) is 12.2. The lowest BCUT2D eigenvalue weighted by Crippen LogP contribution is -2.32. The Morgan fingerprint density at radius 2 is 2.05 bits per heavy atom. The van der Waals surface area contributed by atoms with Crippen LogP contribution in [0.4, 0.5) is 0 Å². The Kier molecular flexibility index (Phi) is 4.60. The molecule has 5 nitrogen and oxygen atoms in total. The van der Waals surface area contributed by atoms with Gasteiger partial charge in [-0.3, -0.25) is 4.79 Å². The first-order valence-corrected chi connectivity index (χ1v) is 7.70. The molecule has 3 rings (SSSR count). The highest BCUT2D eigenvalue weighted by Gasteiger charge is 2.28. The molecule has 1 amide bonds. The Hall–Kier alpha value is -1.75. The van der Waals surface area contributed by atoms with Crippen LogP contribution >= 0.6 is 0 Å². The maximum absolute atomic E-state index is 11.5. The highest BCUT2D eigenvalue weighted by Crippen LogP contribution is 2.33. The molecule has 0 radical (unpaired) electrons. The normalized spacial score (nSPS) is 17.1. The molecule has 21 heavy (non-hydrogen) atoms. The third kappa shape index (κ3) is 3.88. The van der Waals surface area contributed by atoms with Gasteiger partial charge in [-0.25, -0.2) is 0 Å². The van der Waals surface area contributed by atoms with Gasteiger partial charge in [0.2, 0.25) is 5.91 Å². The summed E-state index contributed by atoms with van der Waals surface area (Å²) in [5.74, 6) is 2.15. The number of benzene rings is 1. The van der Waals surface area contributed by atoms with Gasteiger partial charge >= 0.3 is 0 Å². The van der Waals surface area contributed by atoms with Crippen molar-refractivity contribution in [3.05, 3.63) is 23.8 Å². The average Bonchev–Trinajstić information content (AvgIpc) is 3.33. The van der Waals surface area contributed by atoms with Crippen LogP contribution in [0.1, 0.15) is 24.8 Å². The minimum Gasteiger partial charge on any atom is -0.490 e. The first-order chi connectivity index (χ1) is 10.3. The van der Waals surface area contributed by atoms with Crippen molar-refractivity contribution >= 4 is 5.91 Å². The Balaban J connectivity index is 1.45. The Morgan fingerprint density at radius 3 is 2.90 bits per heavy atom. The molecule has 0 saturated heterocycles. The van der Waals surface area contributed by atoms with Crippen LogP contribution in [0.25, 0.3) is 0 Å². The lowest BCUT2D eigenvalue weighted by molar-refractivity contribution is -0.122. The molecule has 1 aliphatic carbocycles. The van der Waals surface area contributed by atoms with Gasteiger partial charge in [0, 0.05) is 37.5 Å². The molecule has 0 aromatic heterocycles. The van der Waals surface area contributed by atoms with E-state index in [1.165, 1.54) is 0 Å². The van der Waals surface area contributed by atoms with Crippen LogP contribution in [-0.4, -0.2) is 32.2 Å². The van der Waals surface area contributed by atoms with E-state index in [2.05, 4.69) is 10.6 Å². The molecule has 5 heteroatoms. The molecule has 0 atom stereocenters. The van der Waals surface area contributed by atoms with Gasteiger partial charge in [0.25, 0.3) is 0 Å². The van der Waals surface area contributed by atoms with Gasteiger partial charge in [-0.1, -0.05) is 12.1 Å². The maximum Gasteiger partial charge on any atom is 0.223 e. The summed E-state index contributed by atoms with van der Waals surface area (Å²) < 4.78 is 11.5. The van der Waals surface area contributed by atoms with Gasteiger partial charge in [-0.05, 0) is 18.9 Å². The second-order valence-corrected chi connectivity index (χ2v) is 5.54. The average molecular weight is 290 g/mol. The molecule has 1 aliphatic heterocycles. The quantitative estimate of drug-likeness (QED) is 0.779. The molecule has 1 fully saturated rings. The molecule has 1 heterocycles. The van der Waals surface area contributed by atoms with Crippen LogP contribution in [0.3, 0.4) is 0 Å².